The number of nitro groups is 1. The number of nitro benzene ring substituents is 1. The predicted molar refractivity (Wildman–Crippen MR) is 83.6 cm³/mol. The average Bonchev–Trinajstić information content (AvgIpc) is 2.56. The van der Waals surface area contributed by atoms with Crippen LogP contribution in [0, 0.1) is 21.7 Å². The quantitative estimate of drug-likeness (QED) is 0.610. The fourth-order valence-electron chi connectivity index (χ4n) is 2.18. The second-order valence-corrected chi connectivity index (χ2v) is 5.16. The fourth-order valence-corrected chi connectivity index (χ4v) is 2.18. The van der Waals surface area contributed by atoms with Crippen molar-refractivity contribution >= 4 is 17.5 Å². The number of benzene rings is 2. The van der Waals surface area contributed by atoms with Gasteiger partial charge in [0.05, 0.1) is 11.0 Å². The van der Waals surface area contributed by atoms with E-state index in [1.165, 1.54) is 0 Å². The van der Waals surface area contributed by atoms with Crippen LogP contribution in [0.5, 0.6) is 0 Å². The monoisotopic (exact) mass is 349 g/mol. The fraction of sp³-hybridized carbons (Fsp3) is 0.125. The first-order chi connectivity index (χ1) is 11.8. The minimum absolute atomic E-state index is 0.0411. The lowest BCUT2D eigenvalue weighted by Crippen LogP contribution is -2.46. The van der Waals surface area contributed by atoms with Crippen molar-refractivity contribution in [1.29, 1.82) is 0 Å². The molecule has 2 amide bonds. The highest BCUT2D eigenvalue weighted by atomic mass is 19.2. The van der Waals surface area contributed by atoms with Gasteiger partial charge >= 0.3 is 0 Å². The Hall–Kier alpha value is -3.36. The number of primary amides is 1. The van der Waals surface area contributed by atoms with Crippen LogP contribution in [-0.4, -0.2) is 22.8 Å². The van der Waals surface area contributed by atoms with Crippen LogP contribution in [0.2, 0.25) is 0 Å². The lowest BCUT2D eigenvalue weighted by Gasteiger charge is -2.15. The Balaban J connectivity index is 2.28. The van der Waals surface area contributed by atoms with Gasteiger partial charge in [0.1, 0.15) is 11.6 Å². The molecule has 0 spiro atoms. The molecular formula is C16H13F2N3O4. The molecule has 0 radical (unpaired) electrons. The zero-order valence-electron chi connectivity index (χ0n) is 12.7. The molecule has 1 unspecified atom stereocenters. The molecule has 0 heterocycles. The zero-order valence-corrected chi connectivity index (χ0v) is 12.7. The Morgan fingerprint density at radius 3 is 2.32 bits per heavy atom. The van der Waals surface area contributed by atoms with E-state index < -0.39 is 45.7 Å². The van der Waals surface area contributed by atoms with Gasteiger partial charge in [-0.2, -0.15) is 0 Å². The number of hydrogen-bond acceptors (Lipinski definition) is 4. The van der Waals surface area contributed by atoms with Crippen molar-refractivity contribution in [2.75, 3.05) is 0 Å². The van der Waals surface area contributed by atoms with E-state index in [9.17, 15) is 28.5 Å². The van der Waals surface area contributed by atoms with Crippen molar-refractivity contribution in [2.24, 2.45) is 5.73 Å². The molecule has 25 heavy (non-hydrogen) atoms. The van der Waals surface area contributed by atoms with Gasteiger partial charge in [-0.1, -0.05) is 30.3 Å². The number of halogens is 2. The highest BCUT2D eigenvalue weighted by Crippen LogP contribution is 2.22. The van der Waals surface area contributed by atoms with E-state index in [-0.39, 0.29) is 6.42 Å². The Morgan fingerprint density at radius 1 is 1.16 bits per heavy atom. The van der Waals surface area contributed by atoms with Crippen molar-refractivity contribution in [1.82, 2.24) is 5.32 Å². The lowest BCUT2D eigenvalue weighted by molar-refractivity contribution is -0.385. The third-order valence-electron chi connectivity index (χ3n) is 3.41. The van der Waals surface area contributed by atoms with Gasteiger partial charge in [0, 0.05) is 6.42 Å². The molecule has 0 saturated heterocycles. The highest BCUT2D eigenvalue weighted by Gasteiger charge is 2.27. The van der Waals surface area contributed by atoms with Crippen molar-refractivity contribution in [2.45, 2.75) is 12.5 Å². The van der Waals surface area contributed by atoms with Crippen molar-refractivity contribution in [3.05, 3.63) is 75.3 Å². The summed E-state index contributed by atoms with van der Waals surface area (Å²) in [7, 11) is 0. The summed E-state index contributed by atoms with van der Waals surface area (Å²) in [6, 6.07) is 8.12. The first-order valence-corrected chi connectivity index (χ1v) is 7.07. The van der Waals surface area contributed by atoms with E-state index in [0.29, 0.717) is 17.7 Å². The number of carbonyl (C=O) groups is 2. The van der Waals surface area contributed by atoms with Crippen LogP contribution >= 0.6 is 0 Å². The summed E-state index contributed by atoms with van der Waals surface area (Å²) in [6.45, 7) is 0. The molecule has 130 valence electrons. The molecule has 3 N–H and O–H groups in total. The molecule has 1 atom stereocenters. The van der Waals surface area contributed by atoms with E-state index in [1.54, 1.807) is 30.3 Å². The molecule has 0 saturated carbocycles. The van der Waals surface area contributed by atoms with Crippen molar-refractivity contribution < 1.29 is 23.3 Å². The molecule has 0 bridgehead atoms. The molecule has 0 aliphatic carbocycles. The maximum absolute atomic E-state index is 13.4. The maximum Gasteiger partial charge on any atom is 0.285 e. The van der Waals surface area contributed by atoms with E-state index in [2.05, 4.69) is 5.32 Å². The SMILES string of the molecule is NC(=O)C(Cc1ccccc1)NC(=O)c1cc(F)c(F)cc1[N+](=O)[O-]. The predicted octanol–water partition coefficient (Wildman–Crippen LogP) is 1.70. The van der Waals surface area contributed by atoms with Crippen LogP contribution in [0.15, 0.2) is 42.5 Å². The van der Waals surface area contributed by atoms with Gasteiger partial charge < -0.3 is 11.1 Å². The summed E-state index contributed by atoms with van der Waals surface area (Å²) in [5.41, 5.74) is 4.31. The molecular weight excluding hydrogens is 336 g/mol. The number of nitrogens with two attached hydrogens (primary N) is 1. The van der Waals surface area contributed by atoms with E-state index in [0.717, 1.165) is 0 Å². The molecule has 0 aliphatic heterocycles. The molecule has 0 fully saturated rings. The Bertz CT molecular complexity index is 828. The third-order valence-corrected chi connectivity index (χ3v) is 3.41. The summed E-state index contributed by atoms with van der Waals surface area (Å²) in [5.74, 6) is -4.86. The second kappa shape index (κ2) is 7.47. The molecule has 7 nitrogen and oxygen atoms in total. The largest absolute Gasteiger partial charge is 0.368 e. The number of carbonyl (C=O) groups excluding carboxylic acids is 2. The van der Waals surface area contributed by atoms with Gasteiger partial charge in [0.2, 0.25) is 5.91 Å². The zero-order chi connectivity index (χ0) is 18.6. The number of hydrogen-bond donors (Lipinski definition) is 2. The molecule has 2 rings (SSSR count). The van der Waals surface area contributed by atoms with Crippen molar-refractivity contribution in [3.63, 3.8) is 0 Å². The Morgan fingerprint density at radius 2 is 1.76 bits per heavy atom. The Kier molecular flexibility index (Phi) is 5.38. The van der Waals surface area contributed by atoms with Gasteiger partial charge in [-0.25, -0.2) is 8.78 Å². The number of amides is 2. The normalized spacial score (nSPS) is 11.6. The van der Waals surface area contributed by atoms with E-state index in [1.807, 2.05) is 0 Å². The first kappa shape index (κ1) is 18.0. The standard InChI is InChI=1S/C16H13F2N3O4/c17-11-7-10(14(21(24)25)8-12(11)18)16(23)20-13(15(19)22)6-9-4-2-1-3-5-9/h1-5,7-8,13H,6H2,(H2,19,22)(H,20,23). The minimum atomic E-state index is -1.46. The third kappa shape index (κ3) is 4.34. The van der Waals surface area contributed by atoms with E-state index in [4.69, 9.17) is 5.73 Å². The second-order valence-electron chi connectivity index (χ2n) is 5.16. The summed E-state index contributed by atoms with van der Waals surface area (Å²) in [6.07, 6.45) is 0.0411. The number of rotatable bonds is 6. The van der Waals surface area contributed by atoms with Crippen LogP contribution in [0.25, 0.3) is 0 Å². The van der Waals surface area contributed by atoms with Crippen molar-refractivity contribution in [3.8, 4) is 0 Å². The average molecular weight is 349 g/mol. The van der Waals surface area contributed by atoms with Crippen LogP contribution in [0.1, 0.15) is 15.9 Å². The Labute approximate surface area is 140 Å². The smallest absolute Gasteiger partial charge is 0.285 e. The van der Waals surface area contributed by atoms with Gasteiger partial charge in [-0.15, -0.1) is 0 Å². The van der Waals surface area contributed by atoms with Crippen LogP contribution in [0.3, 0.4) is 0 Å². The summed E-state index contributed by atoms with van der Waals surface area (Å²) in [5, 5.41) is 13.2. The molecule has 0 aromatic heterocycles. The van der Waals surface area contributed by atoms with E-state index >= 15 is 0 Å². The topological polar surface area (TPSA) is 115 Å². The van der Waals surface area contributed by atoms with Crippen LogP contribution < -0.4 is 11.1 Å². The molecule has 2 aromatic carbocycles. The van der Waals surface area contributed by atoms with Gasteiger partial charge in [0.25, 0.3) is 11.6 Å². The van der Waals surface area contributed by atoms with Gasteiger partial charge in [-0.3, -0.25) is 19.7 Å². The lowest BCUT2D eigenvalue weighted by atomic mass is 10.0. The summed E-state index contributed by atoms with van der Waals surface area (Å²) in [4.78, 5) is 33.7. The van der Waals surface area contributed by atoms with Crippen LogP contribution in [-0.2, 0) is 11.2 Å². The number of nitrogens with zero attached hydrogens (tertiary/aromatic N) is 1. The maximum atomic E-state index is 13.4. The molecule has 2 aromatic rings. The molecule has 0 aliphatic rings. The highest BCUT2D eigenvalue weighted by molar-refractivity contribution is 6.00. The summed E-state index contributed by atoms with van der Waals surface area (Å²) < 4.78 is 26.5. The van der Waals surface area contributed by atoms with Gasteiger partial charge in [-0.05, 0) is 11.6 Å². The minimum Gasteiger partial charge on any atom is -0.368 e. The number of nitrogens with one attached hydrogen (secondary N) is 1. The van der Waals surface area contributed by atoms with Crippen LogP contribution in [0.4, 0.5) is 14.5 Å². The first-order valence-electron chi connectivity index (χ1n) is 7.07. The molecule has 9 heteroatoms. The summed E-state index contributed by atoms with van der Waals surface area (Å²) >= 11 is 0. The van der Waals surface area contributed by atoms with Gasteiger partial charge in [0.15, 0.2) is 11.6 Å².